The van der Waals surface area contributed by atoms with Crippen molar-refractivity contribution in [3.63, 3.8) is 0 Å². The second-order valence-electron chi connectivity index (χ2n) is 11.3. The summed E-state index contributed by atoms with van der Waals surface area (Å²) in [6.45, 7) is 5.96. The van der Waals surface area contributed by atoms with Crippen LogP contribution in [0.4, 0.5) is 0 Å². The molecule has 0 amide bonds. The smallest absolute Gasteiger partial charge is 0.347 e. The molecule has 0 bridgehead atoms. The number of ether oxygens (including phenoxy) is 2. The van der Waals surface area contributed by atoms with Gasteiger partial charge in [-0.25, -0.2) is 4.79 Å². The molecule has 0 spiro atoms. The van der Waals surface area contributed by atoms with Gasteiger partial charge in [-0.05, 0) is 74.7 Å². The number of hydrogen-bond donors (Lipinski definition) is 2. The lowest BCUT2D eigenvalue weighted by Crippen LogP contribution is -2.62. The third-order valence-corrected chi connectivity index (χ3v) is 9.53. The van der Waals surface area contributed by atoms with E-state index in [1.807, 2.05) is 6.92 Å². The van der Waals surface area contributed by atoms with Crippen molar-refractivity contribution in [2.75, 3.05) is 6.61 Å². The number of esters is 2. The van der Waals surface area contributed by atoms with Crippen molar-refractivity contribution in [2.24, 2.45) is 28.6 Å². The number of carbonyl (C=O) groups is 4. The molecule has 4 rings (SSSR count). The molecule has 0 aromatic rings. The number of rotatable bonds is 5. The summed E-state index contributed by atoms with van der Waals surface area (Å²) >= 11 is 0. The van der Waals surface area contributed by atoms with E-state index in [2.05, 4.69) is 6.92 Å². The van der Waals surface area contributed by atoms with Gasteiger partial charge in [0.2, 0.25) is 5.78 Å². The van der Waals surface area contributed by atoms with Gasteiger partial charge >= 0.3 is 11.9 Å². The molecule has 0 heterocycles. The van der Waals surface area contributed by atoms with Crippen LogP contribution in [0.1, 0.15) is 72.6 Å². The molecule has 8 heteroatoms. The van der Waals surface area contributed by atoms with Crippen LogP contribution in [-0.4, -0.2) is 58.1 Å². The van der Waals surface area contributed by atoms with Gasteiger partial charge in [0.25, 0.3) is 0 Å². The zero-order chi connectivity index (χ0) is 25.1. The summed E-state index contributed by atoms with van der Waals surface area (Å²) in [7, 11) is 0. The van der Waals surface area contributed by atoms with Crippen molar-refractivity contribution in [1.29, 1.82) is 0 Å². The Morgan fingerprint density at radius 3 is 2.56 bits per heavy atom. The fourth-order valence-electron chi connectivity index (χ4n) is 7.82. The molecule has 188 valence electrons. The van der Waals surface area contributed by atoms with E-state index in [0.29, 0.717) is 12.8 Å². The Kier molecular flexibility index (Phi) is 6.30. The van der Waals surface area contributed by atoms with E-state index in [1.54, 1.807) is 6.08 Å². The zero-order valence-electron chi connectivity index (χ0n) is 20.5. The van der Waals surface area contributed by atoms with Crippen LogP contribution in [0, 0.1) is 28.6 Å². The van der Waals surface area contributed by atoms with Crippen LogP contribution in [0.2, 0.25) is 0 Å². The van der Waals surface area contributed by atoms with Gasteiger partial charge in [-0.15, -0.1) is 0 Å². The average Bonchev–Trinajstić information content (AvgIpc) is 3.02. The molecule has 2 N–H and O–H groups in total. The monoisotopic (exact) mass is 476 g/mol. The Bertz CT molecular complexity index is 939. The van der Waals surface area contributed by atoms with E-state index in [1.165, 1.54) is 13.8 Å². The number of hydrogen-bond acceptors (Lipinski definition) is 8. The molecular weight excluding hydrogens is 440 g/mol. The summed E-state index contributed by atoms with van der Waals surface area (Å²) in [5, 5.41) is 23.1. The molecule has 0 aromatic carbocycles. The number of carbonyl (C=O) groups excluding carboxylic acids is 4. The first kappa shape index (κ1) is 25.0. The Morgan fingerprint density at radius 2 is 1.88 bits per heavy atom. The quantitative estimate of drug-likeness (QED) is 0.579. The number of allylic oxidation sites excluding steroid dienone is 1. The van der Waals surface area contributed by atoms with Crippen LogP contribution in [-0.2, 0) is 28.7 Å². The maximum atomic E-state index is 13.2. The predicted molar refractivity (Wildman–Crippen MR) is 120 cm³/mol. The molecule has 0 saturated heterocycles. The molecular formula is C26H36O8. The lowest BCUT2D eigenvalue weighted by atomic mass is 9.45. The lowest BCUT2D eigenvalue weighted by Gasteiger charge is -2.60. The highest BCUT2D eigenvalue weighted by atomic mass is 16.6. The molecule has 4 aliphatic carbocycles. The van der Waals surface area contributed by atoms with Crippen LogP contribution >= 0.6 is 0 Å². The van der Waals surface area contributed by atoms with Gasteiger partial charge in [-0.3, -0.25) is 14.4 Å². The van der Waals surface area contributed by atoms with E-state index in [0.717, 1.165) is 24.8 Å². The normalized spacial score (nSPS) is 41.9. The van der Waals surface area contributed by atoms with Crippen molar-refractivity contribution in [2.45, 2.75) is 90.4 Å². The van der Waals surface area contributed by atoms with Crippen LogP contribution in [0.3, 0.4) is 0 Å². The fourth-order valence-corrected chi connectivity index (χ4v) is 7.82. The fraction of sp³-hybridized carbons (Fsp3) is 0.769. The largest absolute Gasteiger partial charge is 0.455 e. The number of fused-ring (bicyclic) bond motifs is 5. The number of aliphatic hydroxyl groups is 2. The van der Waals surface area contributed by atoms with Crippen LogP contribution < -0.4 is 0 Å². The maximum Gasteiger partial charge on any atom is 0.347 e. The standard InChI is InChI=1S/C26H36O8/c1-14(34-15(2)27)23(31)33-13-21(30)26(32)10-8-19-18-6-5-16-11-17(28)7-9-24(16,3)22(18)20(29)12-25(19,26)4/h11,14,18-20,22,29,32H,5-10,12-13H2,1-4H3/t14?,18-,19-,20-,22+,24-,25-,26-/m0/s1. The lowest BCUT2D eigenvalue weighted by molar-refractivity contribution is -0.186. The number of aliphatic hydroxyl groups excluding tert-OH is 1. The molecule has 0 aromatic heterocycles. The summed E-state index contributed by atoms with van der Waals surface area (Å²) in [6.07, 6.45) is 3.91. The van der Waals surface area contributed by atoms with Gasteiger partial charge in [0.05, 0.1) is 6.10 Å². The van der Waals surface area contributed by atoms with Gasteiger partial charge in [0.1, 0.15) is 5.60 Å². The van der Waals surface area contributed by atoms with Crippen molar-refractivity contribution in [1.82, 2.24) is 0 Å². The summed E-state index contributed by atoms with van der Waals surface area (Å²) in [6, 6.07) is 0. The zero-order valence-corrected chi connectivity index (χ0v) is 20.5. The van der Waals surface area contributed by atoms with Gasteiger partial charge in [0.15, 0.2) is 18.5 Å². The van der Waals surface area contributed by atoms with Crippen molar-refractivity contribution < 1.29 is 38.9 Å². The highest BCUT2D eigenvalue weighted by molar-refractivity contribution is 5.92. The minimum Gasteiger partial charge on any atom is -0.455 e. The van der Waals surface area contributed by atoms with Crippen LogP contribution in [0.5, 0.6) is 0 Å². The van der Waals surface area contributed by atoms with Gasteiger partial charge in [-0.2, -0.15) is 0 Å². The van der Waals surface area contributed by atoms with E-state index in [4.69, 9.17) is 9.47 Å². The average molecular weight is 477 g/mol. The van der Waals surface area contributed by atoms with Crippen LogP contribution in [0.25, 0.3) is 0 Å². The molecule has 0 radical (unpaired) electrons. The second kappa shape index (κ2) is 8.55. The summed E-state index contributed by atoms with van der Waals surface area (Å²) in [5.41, 5.74) is -1.68. The minimum atomic E-state index is -1.71. The van der Waals surface area contributed by atoms with Gasteiger partial charge < -0.3 is 19.7 Å². The van der Waals surface area contributed by atoms with E-state index in [9.17, 15) is 29.4 Å². The Labute approximate surface area is 200 Å². The SMILES string of the molecule is CC(=O)OC(C)C(=O)OCC(=O)[C@@]1(O)CC[C@H]2[C@@H]3CCC4=CC(=O)CC[C@]4(C)[C@H]3[C@@H](O)C[C@@]21C. The Balaban J connectivity index is 1.53. The van der Waals surface area contributed by atoms with E-state index in [-0.39, 0.29) is 41.8 Å². The molecule has 0 aliphatic heterocycles. The Hall–Kier alpha value is -2.06. The highest BCUT2D eigenvalue weighted by Gasteiger charge is 2.68. The first-order chi connectivity index (χ1) is 15.8. The first-order valence-electron chi connectivity index (χ1n) is 12.3. The molecule has 1 unspecified atom stereocenters. The topological polar surface area (TPSA) is 127 Å². The van der Waals surface area contributed by atoms with Crippen molar-refractivity contribution in [3.8, 4) is 0 Å². The molecule has 34 heavy (non-hydrogen) atoms. The van der Waals surface area contributed by atoms with E-state index >= 15 is 0 Å². The van der Waals surface area contributed by atoms with Crippen LogP contribution in [0.15, 0.2) is 11.6 Å². The van der Waals surface area contributed by atoms with Gasteiger partial charge in [-0.1, -0.05) is 19.4 Å². The minimum absolute atomic E-state index is 0.0152. The molecule has 4 aliphatic rings. The summed E-state index contributed by atoms with van der Waals surface area (Å²) in [4.78, 5) is 48.4. The summed E-state index contributed by atoms with van der Waals surface area (Å²) < 4.78 is 9.86. The third kappa shape index (κ3) is 3.73. The highest BCUT2D eigenvalue weighted by Crippen LogP contribution is 2.67. The maximum absolute atomic E-state index is 13.2. The van der Waals surface area contributed by atoms with E-state index < -0.39 is 47.6 Å². The summed E-state index contributed by atoms with van der Waals surface area (Å²) in [5.74, 6) is -1.75. The molecule has 3 saturated carbocycles. The third-order valence-electron chi connectivity index (χ3n) is 9.53. The predicted octanol–water partition coefficient (Wildman–Crippen LogP) is 2.28. The molecule has 8 nitrogen and oxygen atoms in total. The second-order valence-corrected chi connectivity index (χ2v) is 11.3. The first-order valence-corrected chi connectivity index (χ1v) is 12.3. The van der Waals surface area contributed by atoms with Gasteiger partial charge in [0, 0.05) is 18.8 Å². The van der Waals surface area contributed by atoms with Crippen molar-refractivity contribution in [3.05, 3.63) is 11.6 Å². The molecule has 8 atom stereocenters. The van der Waals surface area contributed by atoms with Crippen molar-refractivity contribution >= 4 is 23.5 Å². The molecule has 3 fully saturated rings. The number of ketones is 2. The number of Topliss-reactive ketones (excluding diaryl/α,β-unsaturated/α-hetero) is 1. The Morgan fingerprint density at radius 1 is 1.18 bits per heavy atom.